The molecule has 1 radical (unpaired) electrons. The van der Waals surface area contributed by atoms with Gasteiger partial charge in [0.05, 0.1) is 0 Å². The zero-order valence-corrected chi connectivity index (χ0v) is 8.60. The van der Waals surface area contributed by atoms with Crippen molar-refractivity contribution in [3.05, 3.63) is 24.3 Å². The van der Waals surface area contributed by atoms with Gasteiger partial charge in [-0.3, -0.25) is 0 Å². The van der Waals surface area contributed by atoms with E-state index in [1.54, 1.807) is 0 Å². The molecular weight excluding hydrogens is 156 g/mol. The first-order valence-electron chi connectivity index (χ1n) is 5.70. The maximum absolute atomic E-state index is 3.31. The van der Waals surface area contributed by atoms with Gasteiger partial charge in [0, 0.05) is 0 Å². The molecule has 0 fully saturated rings. The summed E-state index contributed by atoms with van der Waals surface area (Å²) in [5.74, 6) is 0. The summed E-state index contributed by atoms with van der Waals surface area (Å²) >= 11 is 0. The highest BCUT2D eigenvalue weighted by atomic mass is 14.0. The van der Waals surface area contributed by atoms with Crippen molar-refractivity contribution in [2.75, 3.05) is 0 Å². The van der Waals surface area contributed by atoms with E-state index >= 15 is 0 Å². The van der Waals surface area contributed by atoms with E-state index in [-0.39, 0.29) is 0 Å². The quantitative estimate of drug-likeness (QED) is 0.480. The zero-order valence-electron chi connectivity index (χ0n) is 8.60. The second-order valence-corrected chi connectivity index (χ2v) is 3.78. The highest BCUT2D eigenvalue weighted by Crippen LogP contribution is 2.10. The molecule has 0 saturated heterocycles. The van der Waals surface area contributed by atoms with Crippen LogP contribution in [0.2, 0.25) is 0 Å². The third kappa shape index (κ3) is 6.62. The van der Waals surface area contributed by atoms with E-state index in [4.69, 9.17) is 0 Å². The lowest BCUT2D eigenvalue weighted by Crippen LogP contribution is -1.78. The maximum atomic E-state index is 3.31. The Morgan fingerprint density at radius 1 is 0.692 bits per heavy atom. The summed E-state index contributed by atoms with van der Waals surface area (Å²) in [6.45, 7) is 0. The summed E-state index contributed by atoms with van der Waals surface area (Å²) in [4.78, 5) is 0. The molecule has 0 N–H and O–H groups in total. The first kappa shape index (κ1) is 10.6. The Hall–Kier alpha value is -0.520. The predicted molar refractivity (Wildman–Crippen MR) is 58.5 cm³/mol. The molecule has 0 unspecified atom stereocenters. The molecule has 73 valence electrons. The van der Waals surface area contributed by atoms with E-state index in [2.05, 4.69) is 24.3 Å². The molecule has 0 aromatic rings. The van der Waals surface area contributed by atoms with Gasteiger partial charge >= 0.3 is 0 Å². The molecular formula is C13H21. The minimum Gasteiger partial charge on any atom is -0.0882 e. The van der Waals surface area contributed by atoms with Crippen LogP contribution < -0.4 is 0 Å². The molecule has 1 rings (SSSR count). The van der Waals surface area contributed by atoms with Crippen LogP contribution in [0.1, 0.15) is 57.8 Å². The first-order valence-corrected chi connectivity index (χ1v) is 5.70. The summed E-state index contributed by atoms with van der Waals surface area (Å²) in [5.41, 5.74) is 0. The molecule has 0 spiro atoms. The average molecular weight is 177 g/mol. The van der Waals surface area contributed by atoms with E-state index in [0.717, 1.165) is 6.42 Å². The van der Waals surface area contributed by atoms with Crippen molar-refractivity contribution in [2.45, 2.75) is 57.8 Å². The lowest BCUT2D eigenvalue weighted by Gasteiger charge is -1.98. The molecule has 0 amide bonds. The molecule has 0 aliphatic heterocycles. The van der Waals surface area contributed by atoms with Gasteiger partial charge < -0.3 is 0 Å². The van der Waals surface area contributed by atoms with Gasteiger partial charge in [0.15, 0.2) is 0 Å². The Bertz CT molecular complexity index is 135. The van der Waals surface area contributed by atoms with Crippen molar-refractivity contribution in [3.63, 3.8) is 0 Å². The Labute approximate surface area is 82.7 Å². The molecule has 0 atom stereocenters. The molecule has 0 heterocycles. The van der Waals surface area contributed by atoms with Gasteiger partial charge in [-0.1, -0.05) is 43.9 Å². The van der Waals surface area contributed by atoms with Crippen LogP contribution in [-0.4, -0.2) is 0 Å². The topological polar surface area (TPSA) is 0 Å². The molecule has 1 aliphatic carbocycles. The van der Waals surface area contributed by atoms with Crippen molar-refractivity contribution in [1.29, 1.82) is 0 Å². The monoisotopic (exact) mass is 177 g/mol. The standard InChI is InChI=1S/C13H21/c1-2-4-6-8-10-12-13-11-9-7-5-3-1/h1-2,8H,3-5,7,9-13H2. The Balaban J connectivity index is 2.18. The summed E-state index contributed by atoms with van der Waals surface area (Å²) in [6.07, 6.45) is 22.0. The fraction of sp³-hybridized carbons (Fsp3) is 0.692. The SMILES string of the molecule is [C]1=CCCCCCCCCC=CC1. The molecule has 0 bridgehead atoms. The predicted octanol–water partition coefficient (Wildman–Crippen LogP) is 4.43. The molecule has 0 nitrogen and oxygen atoms in total. The van der Waals surface area contributed by atoms with Crippen molar-refractivity contribution < 1.29 is 0 Å². The van der Waals surface area contributed by atoms with Gasteiger partial charge in [0.2, 0.25) is 0 Å². The smallest absolute Gasteiger partial charge is 0.00979 e. The molecule has 0 aromatic carbocycles. The second kappa shape index (κ2) is 8.10. The van der Waals surface area contributed by atoms with E-state index in [9.17, 15) is 0 Å². The first-order chi connectivity index (χ1) is 6.50. The van der Waals surface area contributed by atoms with E-state index in [1.165, 1.54) is 51.4 Å². The van der Waals surface area contributed by atoms with Gasteiger partial charge in [0.1, 0.15) is 0 Å². The van der Waals surface area contributed by atoms with Crippen molar-refractivity contribution >= 4 is 0 Å². The van der Waals surface area contributed by atoms with E-state index in [0.29, 0.717) is 0 Å². The lowest BCUT2D eigenvalue weighted by atomic mass is 10.1. The van der Waals surface area contributed by atoms with Gasteiger partial charge in [-0.25, -0.2) is 0 Å². The summed E-state index contributed by atoms with van der Waals surface area (Å²) in [7, 11) is 0. The van der Waals surface area contributed by atoms with Crippen LogP contribution in [0.5, 0.6) is 0 Å². The molecule has 1 aliphatic rings. The third-order valence-corrected chi connectivity index (χ3v) is 2.52. The van der Waals surface area contributed by atoms with Crippen LogP contribution in [-0.2, 0) is 0 Å². The van der Waals surface area contributed by atoms with Crippen LogP contribution in [0.4, 0.5) is 0 Å². The van der Waals surface area contributed by atoms with Crippen LogP contribution >= 0.6 is 0 Å². The zero-order chi connectivity index (χ0) is 9.19. The number of hydrogen-bond acceptors (Lipinski definition) is 0. The highest BCUT2D eigenvalue weighted by Gasteiger charge is 1.90. The largest absolute Gasteiger partial charge is 0.0882 e. The van der Waals surface area contributed by atoms with E-state index in [1.807, 2.05) is 0 Å². The van der Waals surface area contributed by atoms with Crippen LogP contribution in [0.3, 0.4) is 0 Å². The summed E-state index contributed by atoms with van der Waals surface area (Å²) in [5, 5.41) is 0. The minimum atomic E-state index is 1.01. The average Bonchev–Trinajstić information content (AvgIpc) is 2.18. The number of rotatable bonds is 0. The van der Waals surface area contributed by atoms with E-state index < -0.39 is 0 Å². The fourth-order valence-electron chi connectivity index (χ4n) is 1.67. The normalized spacial score (nSPS) is 21.5. The lowest BCUT2D eigenvalue weighted by molar-refractivity contribution is 0.600. The van der Waals surface area contributed by atoms with Crippen molar-refractivity contribution in [3.8, 4) is 0 Å². The fourth-order valence-corrected chi connectivity index (χ4v) is 1.67. The van der Waals surface area contributed by atoms with Gasteiger partial charge in [-0.2, -0.15) is 0 Å². The van der Waals surface area contributed by atoms with Gasteiger partial charge in [0.25, 0.3) is 0 Å². The minimum absolute atomic E-state index is 1.01. The highest BCUT2D eigenvalue weighted by molar-refractivity contribution is 4.88. The second-order valence-electron chi connectivity index (χ2n) is 3.78. The van der Waals surface area contributed by atoms with Crippen molar-refractivity contribution in [1.82, 2.24) is 0 Å². The molecule has 0 saturated carbocycles. The summed E-state index contributed by atoms with van der Waals surface area (Å²) < 4.78 is 0. The molecule has 0 aromatic heterocycles. The third-order valence-electron chi connectivity index (χ3n) is 2.52. The summed E-state index contributed by atoms with van der Waals surface area (Å²) in [6, 6.07) is 0. The molecule has 13 heavy (non-hydrogen) atoms. The van der Waals surface area contributed by atoms with Gasteiger partial charge in [-0.15, -0.1) is 0 Å². The maximum Gasteiger partial charge on any atom is -0.00979 e. The number of hydrogen-bond donors (Lipinski definition) is 0. The van der Waals surface area contributed by atoms with Crippen molar-refractivity contribution in [2.24, 2.45) is 0 Å². The van der Waals surface area contributed by atoms with Crippen LogP contribution in [0.25, 0.3) is 0 Å². The van der Waals surface area contributed by atoms with Crippen LogP contribution in [0, 0.1) is 6.08 Å². The van der Waals surface area contributed by atoms with Crippen LogP contribution in [0.15, 0.2) is 18.2 Å². The number of allylic oxidation sites excluding steroid dienone is 4. The van der Waals surface area contributed by atoms with Gasteiger partial charge in [-0.05, 0) is 38.2 Å². The Morgan fingerprint density at radius 2 is 1.38 bits per heavy atom. The Kier molecular flexibility index (Phi) is 6.58. The Morgan fingerprint density at radius 3 is 2.23 bits per heavy atom. The molecule has 0 heteroatoms.